The molecule has 96 valence electrons. The Hall–Kier alpha value is -0.120. The molecule has 0 saturated carbocycles. The van der Waals surface area contributed by atoms with Crippen LogP contribution in [0.15, 0.2) is 0 Å². The van der Waals surface area contributed by atoms with Crippen molar-refractivity contribution in [3.63, 3.8) is 0 Å². The third-order valence-electron chi connectivity index (χ3n) is 4.13. The van der Waals surface area contributed by atoms with Crippen LogP contribution in [0.4, 0.5) is 0 Å². The highest BCUT2D eigenvalue weighted by Gasteiger charge is 2.27. The van der Waals surface area contributed by atoms with Crippen molar-refractivity contribution in [2.24, 2.45) is 0 Å². The molecule has 16 heavy (non-hydrogen) atoms. The molecule has 1 N–H and O–H groups in total. The highest BCUT2D eigenvalue weighted by molar-refractivity contribution is 4.85. The standard InChI is InChI=1S/C13H29N3/c1-6-13(14-3)11(2)16-9-7-8-12(10-16)15(4)5/h11-14H,6-10H2,1-5H3. The molecule has 1 saturated heterocycles. The van der Waals surface area contributed by atoms with Crippen LogP contribution < -0.4 is 5.32 Å². The van der Waals surface area contributed by atoms with Crippen LogP contribution in [0.2, 0.25) is 0 Å². The molecule has 1 heterocycles. The molecular formula is C13H29N3. The predicted octanol–water partition coefficient (Wildman–Crippen LogP) is 1.40. The summed E-state index contributed by atoms with van der Waals surface area (Å²) in [6, 6.07) is 2.02. The van der Waals surface area contributed by atoms with E-state index in [1.165, 1.54) is 32.4 Å². The lowest BCUT2D eigenvalue weighted by atomic mass is 9.99. The number of rotatable bonds is 5. The first kappa shape index (κ1) is 13.9. The number of nitrogens with one attached hydrogen (secondary N) is 1. The van der Waals surface area contributed by atoms with Gasteiger partial charge >= 0.3 is 0 Å². The third kappa shape index (κ3) is 3.44. The van der Waals surface area contributed by atoms with E-state index in [4.69, 9.17) is 0 Å². The Bertz CT molecular complexity index is 190. The van der Waals surface area contributed by atoms with Gasteiger partial charge in [-0.1, -0.05) is 6.92 Å². The molecule has 1 aliphatic heterocycles. The summed E-state index contributed by atoms with van der Waals surface area (Å²) in [4.78, 5) is 5.03. The predicted molar refractivity (Wildman–Crippen MR) is 70.9 cm³/mol. The van der Waals surface area contributed by atoms with E-state index in [9.17, 15) is 0 Å². The van der Waals surface area contributed by atoms with Gasteiger partial charge in [0.15, 0.2) is 0 Å². The maximum absolute atomic E-state index is 3.44. The van der Waals surface area contributed by atoms with E-state index in [0.29, 0.717) is 12.1 Å². The van der Waals surface area contributed by atoms with Crippen molar-refractivity contribution in [1.29, 1.82) is 0 Å². The van der Waals surface area contributed by atoms with Gasteiger partial charge in [0.25, 0.3) is 0 Å². The van der Waals surface area contributed by atoms with Crippen molar-refractivity contribution in [2.45, 2.75) is 51.2 Å². The second kappa shape index (κ2) is 6.58. The fourth-order valence-electron chi connectivity index (χ4n) is 2.82. The van der Waals surface area contributed by atoms with Crippen molar-refractivity contribution in [1.82, 2.24) is 15.1 Å². The quantitative estimate of drug-likeness (QED) is 0.766. The molecule has 1 aliphatic rings. The second-order valence-electron chi connectivity index (χ2n) is 5.30. The molecule has 3 nitrogen and oxygen atoms in total. The fraction of sp³-hybridized carbons (Fsp3) is 1.00. The van der Waals surface area contributed by atoms with E-state index in [1.807, 2.05) is 0 Å². The monoisotopic (exact) mass is 227 g/mol. The highest BCUT2D eigenvalue weighted by atomic mass is 15.2. The van der Waals surface area contributed by atoms with Crippen molar-refractivity contribution in [2.75, 3.05) is 34.2 Å². The van der Waals surface area contributed by atoms with E-state index in [0.717, 1.165) is 6.04 Å². The van der Waals surface area contributed by atoms with Crippen LogP contribution in [0.1, 0.15) is 33.1 Å². The Morgan fingerprint density at radius 1 is 1.44 bits per heavy atom. The Balaban J connectivity index is 2.52. The molecule has 3 atom stereocenters. The first-order valence-electron chi connectivity index (χ1n) is 6.67. The van der Waals surface area contributed by atoms with E-state index < -0.39 is 0 Å². The summed E-state index contributed by atoms with van der Waals surface area (Å²) >= 11 is 0. The number of nitrogens with zero attached hydrogens (tertiary/aromatic N) is 2. The smallest absolute Gasteiger partial charge is 0.0221 e. The summed E-state index contributed by atoms with van der Waals surface area (Å²) in [6.07, 6.45) is 3.90. The summed E-state index contributed by atoms with van der Waals surface area (Å²) in [5.74, 6) is 0. The maximum atomic E-state index is 3.44. The molecule has 0 aromatic heterocycles. The van der Waals surface area contributed by atoms with Crippen LogP contribution in [0.25, 0.3) is 0 Å². The summed E-state index contributed by atoms with van der Waals surface area (Å²) < 4.78 is 0. The minimum atomic E-state index is 0.626. The first-order chi connectivity index (χ1) is 7.60. The largest absolute Gasteiger partial charge is 0.315 e. The van der Waals surface area contributed by atoms with Crippen LogP contribution >= 0.6 is 0 Å². The average Bonchev–Trinajstić information content (AvgIpc) is 2.30. The zero-order valence-electron chi connectivity index (χ0n) is 11.7. The van der Waals surface area contributed by atoms with Crippen LogP contribution in [0.5, 0.6) is 0 Å². The SMILES string of the molecule is CCC(NC)C(C)N1CCCC(N(C)C)C1. The summed E-state index contributed by atoms with van der Waals surface area (Å²) in [7, 11) is 6.49. The highest BCUT2D eigenvalue weighted by Crippen LogP contribution is 2.18. The van der Waals surface area contributed by atoms with Crippen LogP contribution in [0, 0.1) is 0 Å². The molecule has 0 aliphatic carbocycles. The van der Waals surface area contributed by atoms with Gasteiger partial charge in [0.1, 0.15) is 0 Å². The van der Waals surface area contributed by atoms with Gasteiger partial charge in [-0.25, -0.2) is 0 Å². The van der Waals surface area contributed by atoms with Gasteiger partial charge in [-0.15, -0.1) is 0 Å². The van der Waals surface area contributed by atoms with Crippen LogP contribution in [-0.4, -0.2) is 62.2 Å². The van der Waals surface area contributed by atoms with Gasteiger partial charge in [0.05, 0.1) is 0 Å². The zero-order chi connectivity index (χ0) is 12.1. The normalized spacial score (nSPS) is 27.0. The first-order valence-corrected chi connectivity index (χ1v) is 6.67. The van der Waals surface area contributed by atoms with Crippen molar-refractivity contribution in [3.05, 3.63) is 0 Å². The summed E-state index contributed by atoms with van der Waals surface area (Å²) in [5.41, 5.74) is 0. The van der Waals surface area contributed by atoms with Crippen molar-refractivity contribution < 1.29 is 0 Å². The van der Waals surface area contributed by atoms with Gasteiger partial charge in [-0.3, -0.25) is 4.90 Å². The number of hydrogen-bond donors (Lipinski definition) is 1. The Morgan fingerprint density at radius 2 is 2.12 bits per heavy atom. The molecule has 1 fully saturated rings. The molecular weight excluding hydrogens is 198 g/mol. The van der Waals surface area contributed by atoms with Crippen molar-refractivity contribution in [3.8, 4) is 0 Å². The van der Waals surface area contributed by atoms with Gasteiger partial charge in [0, 0.05) is 24.7 Å². The van der Waals surface area contributed by atoms with E-state index in [2.05, 4.69) is 50.1 Å². The lowest BCUT2D eigenvalue weighted by molar-refractivity contribution is 0.0859. The number of likely N-dealkylation sites (tertiary alicyclic amines) is 1. The molecule has 0 spiro atoms. The zero-order valence-corrected chi connectivity index (χ0v) is 11.7. The maximum Gasteiger partial charge on any atom is 0.0221 e. The second-order valence-corrected chi connectivity index (χ2v) is 5.30. The third-order valence-corrected chi connectivity index (χ3v) is 4.13. The van der Waals surface area contributed by atoms with Gasteiger partial charge in [0.2, 0.25) is 0 Å². The molecule has 0 aromatic carbocycles. The van der Waals surface area contributed by atoms with Gasteiger partial charge in [-0.2, -0.15) is 0 Å². The fourth-order valence-corrected chi connectivity index (χ4v) is 2.82. The van der Waals surface area contributed by atoms with Crippen LogP contribution in [0.3, 0.4) is 0 Å². The Morgan fingerprint density at radius 3 is 2.62 bits per heavy atom. The van der Waals surface area contributed by atoms with Gasteiger partial charge in [-0.05, 0) is 53.9 Å². The Labute approximate surface area is 101 Å². The molecule has 3 unspecified atom stereocenters. The Kier molecular flexibility index (Phi) is 5.73. The summed E-state index contributed by atoms with van der Waals surface area (Å²) in [5, 5.41) is 3.44. The number of likely N-dealkylation sites (N-methyl/N-ethyl adjacent to an activating group) is 2. The molecule has 3 heteroatoms. The van der Waals surface area contributed by atoms with E-state index in [-0.39, 0.29) is 0 Å². The number of hydrogen-bond acceptors (Lipinski definition) is 3. The molecule has 0 bridgehead atoms. The molecule has 0 amide bonds. The molecule has 0 radical (unpaired) electrons. The number of piperidine rings is 1. The van der Waals surface area contributed by atoms with E-state index in [1.54, 1.807) is 0 Å². The molecule has 0 aromatic rings. The summed E-state index contributed by atoms with van der Waals surface area (Å²) in [6.45, 7) is 7.13. The van der Waals surface area contributed by atoms with Crippen molar-refractivity contribution >= 4 is 0 Å². The van der Waals surface area contributed by atoms with Crippen LogP contribution in [-0.2, 0) is 0 Å². The molecule has 1 rings (SSSR count). The lowest BCUT2D eigenvalue weighted by Crippen LogP contribution is -2.54. The topological polar surface area (TPSA) is 18.5 Å². The minimum Gasteiger partial charge on any atom is -0.315 e. The van der Waals surface area contributed by atoms with E-state index >= 15 is 0 Å². The van der Waals surface area contributed by atoms with Gasteiger partial charge < -0.3 is 10.2 Å². The average molecular weight is 227 g/mol. The minimum absolute atomic E-state index is 0.626. The lowest BCUT2D eigenvalue weighted by Gasteiger charge is -2.41.